The van der Waals surface area contributed by atoms with E-state index >= 15 is 0 Å². The fourth-order valence-corrected chi connectivity index (χ4v) is 2.21. The predicted molar refractivity (Wildman–Crippen MR) is 91.4 cm³/mol. The Morgan fingerprint density at radius 3 is 2.35 bits per heavy atom. The maximum absolute atomic E-state index is 11.8. The van der Waals surface area contributed by atoms with Crippen molar-refractivity contribution in [3.8, 4) is 5.75 Å². The number of carbonyl (C=O) groups is 3. The van der Waals surface area contributed by atoms with Crippen LogP contribution >= 0.6 is 0 Å². The molecule has 0 aliphatic rings. The summed E-state index contributed by atoms with van der Waals surface area (Å²) in [6, 6.07) is 7.79. The summed E-state index contributed by atoms with van der Waals surface area (Å²) in [7, 11) is 0. The second-order valence-electron chi connectivity index (χ2n) is 5.26. The number of rotatable bonds is 8. The standard InChI is InChI=1S/C19H20O7/c1-4-23-18(21)13-7-6-8-14(9-13)25-11-17-15(12(3)20)10-16(26-17)19(22)24-5-2/h6-10H,4-5,11H2,1-3H3. The van der Waals surface area contributed by atoms with Crippen LogP contribution in [0.2, 0.25) is 0 Å². The first kappa shape index (κ1) is 19.2. The van der Waals surface area contributed by atoms with Crippen LogP contribution in [0.1, 0.15) is 57.8 Å². The highest BCUT2D eigenvalue weighted by molar-refractivity contribution is 5.98. The molecule has 138 valence electrons. The van der Waals surface area contributed by atoms with Crippen molar-refractivity contribution >= 4 is 17.7 Å². The molecule has 0 saturated heterocycles. The van der Waals surface area contributed by atoms with Crippen LogP contribution < -0.4 is 4.74 Å². The molecule has 0 saturated carbocycles. The normalized spacial score (nSPS) is 10.3. The van der Waals surface area contributed by atoms with Crippen molar-refractivity contribution in [3.63, 3.8) is 0 Å². The Balaban J connectivity index is 2.16. The number of hydrogen-bond acceptors (Lipinski definition) is 7. The zero-order valence-corrected chi connectivity index (χ0v) is 14.9. The lowest BCUT2D eigenvalue weighted by Crippen LogP contribution is -2.05. The highest BCUT2D eigenvalue weighted by atomic mass is 16.5. The van der Waals surface area contributed by atoms with Crippen molar-refractivity contribution < 1.29 is 33.0 Å². The lowest BCUT2D eigenvalue weighted by Gasteiger charge is -2.07. The minimum atomic E-state index is -0.648. The van der Waals surface area contributed by atoms with Crippen molar-refractivity contribution in [2.75, 3.05) is 13.2 Å². The second-order valence-corrected chi connectivity index (χ2v) is 5.26. The van der Waals surface area contributed by atoms with Crippen molar-refractivity contribution in [2.45, 2.75) is 27.4 Å². The smallest absolute Gasteiger partial charge is 0.374 e. The van der Waals surface area contributed by atoms with E-state index in [0.29, 0.717) is 11.3 Å². The Labute approximate surface area is 150 Å². The van der Waals surface area contributed by atoms with E-state index in [-0.39, 0.29) is 42.7 Å². The molecule has 7 heteroatoms. The van der Waals surface area contributed by atoms with E-state index in [4.69, 9.17) is 18.6 Å². The Bertz CT molecular complexity index is 804. The molecule has 1 aromatic carbocycles. The van der Waals surface area contributed by atoms with Crippen LogP contribution in [0.3, 0.4) is 0 Å². The molecule has 0 radical (unpaired) electrons. The minimum absolute atomic E-state index is 0.0593. The van der Waals surface area contributed by atoms with Gasteiger partial charge in [-0.25, -0.2) is 9.59 Å². The Morgan fingerprint density at radius 1 is 1.00 bits per heavy atom. The third kappa shape index (κ3) is 4.72. The third-order valence-corrected chi connectivity index (χ3v) is 3.38. The topological polar surface area (TPSA) is 92.0 Å². The number of hydrogen-bond donors (Lipinski definition) is 0. The van der Waals surface area contributed by atoms with Crippen molar-refractivity contribution in [3.05, 3.63) is 53.0 Å². The van der Waals surface area contributed by atoms with E-state index in [9.17, 15) is 14.4 Å². The fourth-order valence-electron chi connectivity index (χ4n) is 2.21. The summed E-state index contributed by atoms with van der Waals surface area (Å²) in [6.45, 7) is 5.15. The SMILES string of the molecule is CCOC(=O)c1cccc(OCc2oc(C(=O)OCC)cc2C(C)=O)c1. The summed E-state index contributed by atoms with van der Waals surface area (Å²) >= 11 is 0. The molecule has 0 amide bonds. The largest absolute Gasteiger partial charge is 0.486 e. The summed E-state index contributed by atoms with van der Waals surface area (Å²) in [5.74, 6) is -0.809. The average Bonchev–Trinajstić information content (AvgIpc) is 3.05. The van der Waals surface area contributed by atoms with Crippen LogP contribution in [-0.2, 0) is 16.1 Å². The molecular weight excluding hydrogens is 340 g/mol. The molecule has 0 aliphatic carbocycles. The zero-order valence-electron chi connectivity index (χ0n) is 14.9. The van der Waals surface area contributed by atoms with Crippen LogP contribution in [0, 0.1) is 0 Å². The monoisotopic (exact) mass is 360 g/mol. The summed E-state index contributed by atoms with van der Waals surface area (Å²) in [5.41, 5.74) is 0.595. The van der Waals surface area contributed by atoms with Crippen LogP contribution in [-0.4, -0.2) is 30.9 Å². The lowest BCUT2D eigenvalue weighted by atomic mass is 10.2. The summed E-state index contributed by atoms with van der Waals surface area (Å²) in [6.07, 6.45) is 0. The lowest BCUT2D eigenvalue weighted by molar-refractivity contribution is 0.0483. The van der Waals surface area contributed by atoms with Gasteiger partial charge < -0.3 is 18.6 Å². The molecule has 2 aromatic rings. The first-order valence-corrected chi connectivity index (χ1v) is 8.17. The van der Waals surface area contributed by atoms with Gasteiger partial charge in [0.15, 0.2) is 11.5 Å². The molecule has 2 rings (SSSR count). The molecule has 0 N–H and O–H groups in total. The number of benzene rings is 1. The number of furan rings is 1. The first-order valence-electron chi connectivity index (χ1n) is 8.17. The zero-order chi connectivity index (χ0) is 19.1. The second kappa shape index (κ2) is 8.84. The van der Waals surface area contributed by atoms with Crippen molar-refractivity contribution in [1.29, 1.82) is 0 Å². The predicted octanol–water partition coefficient (Wildman–Crippen LogP) is 3.41. The maximum Gasteiger partial charge on any atom is 0.374 e. The third-order valence-electron chi connectivity index (χ3n) is 3.38. The molecule has 0 spiro atoms. The Hall–Kier alpha value is -3.09. The molecule has 1 heterocycles. The van der Waals surface area contributed by atoms with Crippen LogP contribution in [0.5, 0.6) is 5.75 Å². The van der Waals surface area contributed by atoms with E-state index in [1.807, 2.05) is 0 Å². The van der Waals surface area contributed by atoms with E-state index in [1.54, 1.807) is 32.0 Å². The van der Waals surface area contributed by atoms with E-state index in [2.05, 4.69) is 0 Å². The van der Waals surface area contributed by atoms with Gasteiger partial charge in [-0.2, -0.15) is 0 Å². The van der Waals surface area contributed by atoms with Gasteiger partial charge in [0, 0.05) is 6.07 Å². The summed E-state index contributed by atoms with van der Waals surface area (Å²) in [4.78, 5) is 35.3. The van der Waals surface area contributed by atoms with Gasteiger partial charge >= 0.3 is 11.9 Å². The molecule has 0 aliphatic heterocycles. The molecule has 0 fully saturated rings. The highest BCUT2D eigenvalue weighted by Crippen LogP contribution is 2.21. The average molecular weight is 360 g/mol. The van der Waals surface area contributed by atoms with E-state index in [0.717, 1.165) is 0 Å². The van der Waals surface area contributed by atoms with Gasteiger partial charge in [-0.1, -0.05) is 6.07 Å². The maximum atomic E-state index is 11.8. The van der Waals surface area contributed by atoms with Gasteiger partial charge in [0.2, 0.25) is 5.76 Å². The van der Waals surface area contributed by atoms with Crippen molar-refractivity contribution in [2.24, 2.45) is 0 Å². The highest BCUT2D eigenvalue weighted by Gasteiger charge is 2.20. The number of ketones is 1. The number of carbonyl (C=O) groups excluding carboxylic acids is 3. The quantitative estimate of drug-likeness (QED) is 0.526. The molecule has 0 bridgehead atoms. The van der Waals surface area contributed by atoms with Gasteiger partial charge in [-0.05, 0) is 39.0 Å². The molecular formula is C19H20O7. The van der Waals surface area contributed by atoms with Crippen LogP contribution in [0.4, 0.5) is 0 Å². The summed E-state index contributed by atoms with van der Waals surface area (Å²) < 4.78 is 20.8. The van der Waals surface area contributed by atoms with Crippen molar-refractivity contribution in [1.82, 2.24) is 0 Å². The molecule has 0 atom stereocenters. The number of esters is 2. The van der Waals surface area contributed by atoms with Crippen LogP contribution in [0.15, 0.2) is 34.7 Å². The molecule has 0 unspecified atom stereocenters. The molecule has 26 heavy (non-hydrogen) atoms. The Kier molecular flexibility index (Phi) is 6.54. The number of Topliss-reactive ketones (excluding diaryl/α,β-unsaturated/α-hetero) is 1. The van der Waals surface area contributed by atoms with Gasteiger partial charge in [0.25, 0.3) is 0 Å². The van der Waals surface area contributed by atoms with Gasteiger partial charge in [0.05, 0.1) is 24.3 Å². The fraction of sp³-hybridized carbons (Fsp3) is 0.316. The summed E-state index contributed by atoms with van der Waals surface area (Å²) in [5, 5.41) is 0. The van der Waals surface area contributed by atoms with Gasteiger partial charge in [-0.3, -0.25) is 4.79 Å². The van der Waals surface area contributed by atoms with E-state index in [1.165, 1.54) is 19.1 Å². The molecule has 1 aromatic heterocycles. The number of ether oxygens (including phenoxy) is 3. The van der Waals surface area contributed by atoms with Gasteiger partial charge in [0.1, 0.15) is 12.4 Å². The van der Waals surface area contributed by atoms with E-state index < -0.39 is 11.9 Å². The molecule has 7 nitrogen and oxygen atoms in total. The first-order chi connectivity index (χ1) is 12.5. The van der Waals surface area contributed by atoms with Crippen LogP contribution in [0.25, 0.3) is 0 Å². The minimum Gasteiger partial charge on any atom is -0.486 e. The van der Waals surface area contributed by atoms with Gasteiger partial charge in [-0.15, -0.1) is 0 Å². The Morgan fingerprint density at radius 2 is 1.69 bits per heavy atom.